The summed E-state index contributed by atoms with van der Waals surface area (Å²) in [6.07, 6.45) is 0.320. The van der Waals surface area contributed by atoms with Crippen molar-refractivity contribution in [2.75, 3.05) is 0 Å². The van der Waals surface area contributed by atoms with Gasteiger partial charge in [0.05, 0.1) is 6.04 Å². The molecule has 3 N–H and O–H groups in total. The summed E-state index contributed by atoms with van der Waals surface area (Å²) in [4.78, 5) is 0.996. The summed E-state index contributed by atoms with van der Waals surface area (Å²) in [5.74, 6) is 4.59. The fourth-order valence-corrected chi connectivity index (χ4v) is 2.44. The highest BCUT2D eigenvalue weighted by Crippen LogP contribution is 2.23. The average Bonchev–Trinajstić information content (AvgIpc) is 2.84. The van der Waals surface area contributed by atoms with Crippen molar-refractivity contribution in [1.29, 1.82) is 0 Å². The number of nitrogens with one attached hydrogen (secondary N) is 1. The van der Waals surface area contributed by atoms with Crippen molar-refractivity contribution in [3.05, 3.63) is 57.8 Å². The molecule has 1 heterocycles. The van der Waals surface area contributed by atoms with Gasteiger partial charge in [0.1, 0.15) is 11.6 Å². The van der Waals surface area contributed by atoms with Crippen LogP contribution in [0.3, 0.4) is 0 Å². The molecule has 0 aliphatic heterocycles. The third-order valence-corrected chi connectivity index (χ3v) is 3.51. The predicted octanol–water partition coefficient (Wildman–Crippen LogP) is 2.77. The second kappa shape index (κ2) is 5.35. The lowest BCUT2D eigenvalue weighted by molar-refractivity contribution is 0.528. The van der Waals surface area contributed by atoms with Crippen LogP contribution in [0.5, 0.6) is 0 Å². The van der Waals surface area contributed by atoms with Crippen LogP contribution in [0.2, 0.25) is 0 Å². The highest BCUT2D eigenvalue weighted by Gasteiger charge is 2.14. The van der Waals surface area contributed by atoms with Crippen LogP contribution in [0.4, 0.5) is 8.78 Å². The largest absolute Gasteiger partial charge is 0.271 e. The number of hydrazine groups is 1. The van der Waals surface area contributed by atoms with Crippen molar-refractivity contribution < 1.29 is 8.78 Å². The molecular weight excluding hydrogens is 242 g/mol. The molecule has 2 nitrogen and oxygen atoms in total. The summed E-state index contributed by atoms with van der Waals surface area (Å²) >= 11 is 1.53. The number of thiophene rings is 1. The predicted molar refractivity (Wildman–Crippen MR) is 64.4 cm³/mol. The van der Waals surface area contributed by atoms with Gasteiger partial charge in [-0.05, 0) is 41.6 Å². The summed E-state index contributed by atoms with van der Waals surface area (Å²) in [7, 11) is 0. The van der Waals surface area contributed by atoms with Crippen LogP contribution in [0.1, 0.15) is 16.5 Å². The number of rotatable bonds is 4. The van der Waals surface area contributed by atoms with E-state index in [4.69, 9.17) is 5.84 Å². The molecule has 0 amide bonds. The quantitative estimate of drug-likeness (QED) is 0.650. The van der Waals surface area contributed by atoms with Crippen molar-refractivity contribution in [1.82, 2.24) is 5.43 Å². The molecule has 2 rings (SSSR count). The van der Waals surface area contributed by atoms with Crippen molar-refractivity contribution in [3.63, 3.8) is 0 Å². The number of nitrogens with two attached hydrogens (primary N) is 1. The first-order valence-corrected chi connectivity index (χ1v) is 6.02. The molecule has 0 saturated carbocycles. The maximum Gasteiger partial charge on any atom is 0.126 e. The van der Waals surface area contributed by atoms with Gasteiger partial charge in [0, 0.05) is 4.88 Å². The highest BCUT2D eigenvalue weighted by atomic mass is 32.1. The Balaban J connectivity index is 2.21. The molecule has 0 aliphatic rings. The Hall–Kier alpha value is -1.30. The zero-order valence-corrected chi connectivity index (χ0v) is 9.81. The van der Waals surface area contributed by atoms with E-state index in [0.29, 0.717) is 12.0 Å². The van der Waals surface area contributed by atoms with Crippen LogP contribution in [0, 0.1) is 11.6 Å². The summed E-state index contributed by atoms with van der Waals surface area (Å²) in [5.41, 5.74) is 2.94. The Morgan fingerprint density at radius 2 is 2.12 bits per heavy atom. The number of hydrogen-bond acceptors (Lipinski definition) is 3. The van der Waals surface area contributed by atoms with Crippen LogP contribution < -0.4 is 11.3 Å². The fraction of sp³-hybridized carbons (Fsp3) is 0.167. The lowest BCUT2D eigenvalue weighted by atomic mass is 10.0. The standard InChI is InChI=1S/C12H12F2N2S/c13-9-3-4-10(14)8(6-9)7-11(16-15)12-2-1-5-17-12/h1-6,11,16H,7,15H2. The minimum absolute atomic E-state index is 0.203. The molecule has 0 fully saturated rings. The van der Waals surface area contributed by atoms with Gasteiger partial charge in [0.2, 0.25) is 0 Å². The van der Waals surface area contributed by atoms with Gasteiger partial charge in [0.15, 0.2) is 0 Å². The zero-order valence-electron chi connectivity index (χ0n) is 8.99. The van der Waals surface area contributed by atoms with E-state index in [0.717, 1.165) is 17.0 Å². The van der Waals surface area contributed by atoms with Gasteiger partial charge in [-0.3, -0.25) is 11.3 Å². The van der Waals surface area contributed by atoms with E-state index in [2.05, 4.69) is 5.43 Å². The van der Waals surface area contributed by atoms with Gasteiger partial charge in [-0.25, -0.2) is 8.78 Å². The minimum atomic E-state index is -0.441. The number of hydrogen-bond donors (Lipinski definition) is 2. The van der Waals surface area contributed by atoms with E-state index in [-0.39, 0.29) is 6.04 Å². The summed E-state index contributed by atoms with van der Waals surface area (Å²) in [5, 5.41) is 1.92. The van der Waals surface area contributed by atoms with E-state index in [1.54, 1.807) is 0 Å². The Bertz CT molecular complexity index is 485. The van der Waals surface area contributed by atoms with Gasteiger partial charge in [0.25, 0.3) is 0 Å². The maximum absolute atomic E-state index is 13.5. The van der Waals surface area contributed by atoms with Gasteiger partial charge >= 0.3 is 0 Å². The van der Waals surface area contributed by atoms with Gasteiger partial charge in [-0.2, -0.15) is 0 Å². The van der Waals surface area contributed by atoms with Crippen LogP contribution in [0.15, 0.2) is 35.7 Å². The molecule has 1 unspecified atom stereocenters. The normalized spacial score (nSPS) is 12.6. The van der Waals surface area contributed by atoms with Gasteiger partial charge in [-0.15, -0.1) is 11.3 Å². The Kier molecular flexibility index (Phi) is 3.83. The van der Waals surface area contributed by atoms with Crippen molar-refractivity contribution >= 4 is 11.3 Å². The molecule has 2 aromatic rings. The first kappa shape index (κ1) is 12.2. The number of benzene rings is 1. The smallest absolute Gasteiger partial charge is 0.126 e. The highest BCUT2D eigenvalue weighted by molar-refractivity contribution is 7.10. The van der Waals surface area contributed by atoms with Crippen LogP contribution in [-0.4, -0.2) is 0 Å². The van der Waals surface area contributed by atoms with Crippen LogP contribution >= 0.6 is 11.3 Å². The third kappa shape index (κ3) is 2.88. The average molecular weight is 254 g/mol. The minimum Gasteiger partial charge on any atom is -0.271 e. The summed E-state index contributed by atoms with van der Waals surface area (Å²) in [6, 6.07) is 7.04. The fourth-order valence-electron chi connectivity index (χ4n) is 1.65. The third-order valence-electron chi connectivity index (χ3n) is 2.52. The molecule has 5 heteroatoms. The monoisotopic (exact) mass is 254 g/mol. The van der Waals surface area contributed by atoms with Crippen molar-refractivity contribution in [2.24, 2.45) is 5.84 Å². The van der Waals surface area contributed by atoms with Crippen molar-refractivity contribution in [2.45, 2.75) is 12.5 Å². The zero-order chi connectivity index (χ0) is 12.3. The van der Waals surface area contributed by atoms with Crippen molar-refractivity contribution in [3.8, 4) is 0 Å². The lowest BCUT2D eigenvalue weighted by Gasteiger charge is -2.14. The van der Waals surface area contributed by atoms with E-state index < -0.39 is 11.6 Å². The molecule has 0 spiro atoms. The molecule has 0 saturated heterocycles. The van der Waals surface area contributed by atoms with E-state index in [1.807, 2.05) is 17.5 Å². The first-order valence-electron chi connectivity index (χ1n) is 5.14. The van der Waals surface area contributed by atoms with E-state index in [9.17, 15) is 8.78 Å². The Morgan fingerprint density at radius 3 is 2.76 bits per heavy atom. The molecule has 0 radical (unpaired) electrons. The molecule has 1 aromatic heterocycles. The van der Waals surface area contributed by atoms with E-state index >= 15 is 0 Å². The topological polar surface area (TPSA) is 38.0 Å². The summed E-state index contributed by atoms with van der Waals surface area (Å²) < 4.78 is 26.5. The molecule has 1 atom stereocenters. The molecule has 0 bridgehead atoms. The van der Waals surface area contributed by atoms with Gasteiger partial charge < -0.3 is 0 Å². The molecule has 0 aliphatic carbocycles. The van der Waals surface area contributed by atoms with Gasteiger partial charge in [-0.1, -0.05) is 6.07 Å². The Labute approximate surface area is 102 Å². The molecule has 1 aromatic carbocycles. The van der Waals surface area contributed by atoms with Crippen LogP contribution in [0.25, 0.3) is 0 Å². The molecular formula is C12H12F2N2S. The molecule has 17 heavy (non-hydrogen) atoms. The first-order chi connectivity index (χ1) is 8.20. The van der Waals surface area contributed by atoms with Crippen LogP contribution in [-0.2, 0) is 6.42 Å². The number of halogens is 2. The van der Waals surface area contributed by atoms with E-state index in [1.165, 1.54) is 17.4 Å². The summed E-state index contributed by atoms with van der Waals surface area (Å²) in [6.45, 7) is 0. The lowest BCUT2D eigenvalue weighted by Crippen LogP contribution is -2.29. The second-order valence-corrected chi connectivity index (χ2v) is 4.65. The maximum atomic E-state index is 13.5. The second-order valence-electron chi connectivity index (χ2n) is 3.67. The Morgan fingerprint density at radius 1 is 1.29 bits per heavy atom. The SMILES string of the molecule is NNC(Cc1cc(F)ccc1F)c1cccs1. The molecule has 90 valence electrons.